The summed E-state index contributed by atoms with van der Waals surface area (Å²) in [5.41, 5.74) is 2.45. The lowest BCUT2D eigenvalue weighted by Crippen LogP contribution is -2.40. The van der Waals surface area contributed by atoms with Crippen molar-refractivity contribution >= 4 is 46.3 Å². The van der Waals surface area contributed by atoms with Crippen LogP contribution in [0.4, 0.5) is 0 Å². The van der Waals surface area contributed by atoms with E-state index >= 15 is 0 Å². The highest BCUT2D eigenvalue weighted by Gasteiger charge is 2.33. The Bertz CT molecular complexity index is 1300. The van der Waals surface area contributed by atoms with Gasteiger partial charge in [0.05, 0.1) is 27.9 Å². The maximum Gasteiger partial charge on any atom is 0.338 e. The van der Waals surface area contributed by atoms with E-state index in [4.69, 9.17) is 16.3 Å². The number of rotatable bonds is 4. The van der Waals surface area contributed by atoms with Crippen LogP contribution in [0.15, 0.2) is 62.1 Å². The summed E-state index contributed by atoms with van der Waals surface area (Å²) in [4.78, 5) is 31.5. The third kappa shape index (κ3) is 3.93. The second kappa shape index (κ2) is 8.34. The van der Waals surface area contributed by atoms with Crippen LogP contribution in [0.2, 0.25) is 5.02 Å². The summed E-state index contributed by atoms with van der Waals surface area (Å²) < 4.78 is 7.63. The third-order valence-corrected chi connectivity index (χ3v) is 6.55. The second-order valence-electron chi connectivity index (χ2n) is 7.14. The normalized spacial score (nSPS) is 16.6. The maximum absolute atomic E-state index is 13.4. The van der Waals surface area contributed by atoms with Crippen molar-refractivity contribution in [1.29, 1.82) is 0 Å². The molecule has 0 fully saturated rings. The van der Waals surface area contributed by atoms with Crippen molar-refractivity contribution in [3.63, 3.8) is 0 Å². The van der Waals surface area contributed by atoms with Gasteiger partial charge in [-0.3, -0.25) is 9.36 Å². The van der Waals surface area contributed by atoms with Gasteiger partial charge in [0.15, 0.2) is 4.80 Å². The van der Waals surface area contributed by atoms with Gasteiger partial charge in [0, 0.05) is 5.02 Å². The molecule has 0 N–H and O–H groups in total. The van der Waals surface area contributed by atoms with E-state index in [2.05, 4.69) is 4.99 Å². The van der Waals surface area contributed by atoms with Gasteiger partial charge < -0.3 is 4.74 Å². The summed E-state index contributed by atoms with van der Waals surface area (Å²) in [7, 11) is 0. The predicted octanol–water partition coefficient (Wildman–Crippen LogP) is 3.90. The lowest BCUT2D eigenvalue weighted by molar-refractivity contribution is -0.143. The van der Waals surface area contributed by atoms with Crippen LogP contribution in [0, 0.1) is 0 Å². The Morgan fingerprint density at radius 1 is 1.27 bits per heavy atom. The first-order valence-electron chi connectivity index (χ1n) is 9.36. The quantitative estimate of drug-likeness (QED) is 0.557. The molecule has 1 aliphatic rings. The molecule has 0 unspecified atom stereocenters. The van der Waals surface area contributed by atoms with E-state index in [1.54, 1.807) is 48.8 Å². The fraction of sp³-hybridized carbons (Fsp3) is 0.227. The zero-order chi connectivity index (χ0) is 21.4. The Hall–Kier alpha value is -2.48. The maximum atomic E-state index is 13.4. The van der Waals surface area contributed by atoms with E-state index in [1.165, 1.54) is 11.3 Å². The number of thiophene rings is 1. The van der Waals surface area contributed by atoms with Gasteiger partial charge in [0.25, 0.3) is 5.56 Å². The molecule has 0 radical (unpaired) electrons. The van der Waals surface area contributed by atoms with E-state index < -0.39 is 12.0 Å². The number of fused-ring (bicyclic) bond motifs is 1. The van der Waals surface area contributed by atoms with Crippen molar-refractivity contribution in [1.82, 2.24) is 4.57 Å². The van der Waals surface area contributed by atoms with Crippen LogP contribution in [-0.4, -0.2) is 16.6 Å². The molecule has 0 saturated heterocycles. The summed E-state index contributed by atoms with van der Waals surface area (Å²) in [5, 5.41) is 4.52. The van der Waals surface area contributed by atoms with E-state index in [9.17, 15) is 9.59 Å². The molecule has 0 saturated carbocycles. The Kier molecular flexibility index (Phi) is 5.77. The summed E-state index contributed by atoms with van der Waals surface area (Å²) in [6.45, 7) is 5.36. The molecular formula is C22H19ClN2O3S2. The molecule has 154 valence electrons. The van der Waals surface area contributed by atoms with Crippen molar-refractivity contribution in [3.8, 4) is 0 Å². The van der Waals surface area contributed by atoms with Crippen molar-refractivity contribution in [2.45, 2.75) is 32.9 Å². The van der Waals surface area contributed by atoms with Crippen LogP contribution in [0.1, 0.15) is 37.9 Å². The minimum absolute atomic E-state index is 0.188. The van der Waals surface area contributed by atoms with Gasteiger partial charge in [-0.15, -0.1) is 0 Å². The molecular weight excluding hydrogens is 440 g/mol. The molecule has 30 heavy (non-hydrogen) atoms. The fourth-order valence-electron chi connectivity index (χ4n) is 3.33. The molecule has 0 bridgehead atoms. The molecule has 0 aliphatic carbocycles. The summed E-state index contributed by atoms with van der Waals surface area (Å²) in [6.07, 6.45) is 1.57. The molecule has 5 nitrogen and oxygen atoms in total. The number of aromatic nitrogens is 1. The van der Waals surface area contributed by atoms with E-state index in [1.807, 2.05) is 35.0 Å². The van der Waals surface area contributed by atoms with Crippen molar-refractivity contribution in [2.75, 3.05) is 0 Å². The van der Waals surface area contributed by atoms with Crippen LogP contribution in [-0.2, 0) is 9.53 Å². The molecule has 0 amide bonds. The number of ether oxygens (including phenoxy) is 1. The first-order valence-corrected chi connectivity index (χ1v) is 11.5. The number of benzene rings is 1. The van der Waals surface area contributed by atoms with Crippen LogP contribution < -0.4 is 14.9 Å². The number of carbonyl (C=O) groups is 1. The SMILES string of the molecule is CC1=C(C(=O)OC(C)C)[C@@H](c2ccc(Cl)cc2)n2c(s/c(=C/c3ccsc3)c2=O)=N1. The van der Waals surface area contributed by atoms with E-state index in [0.717, 1.165) is 11.1 Å². The zero-order valence-corrected chi connectivity index (χ0v) is 19.0. The largest absolute Gasteiger partial charge is 0.459 e. The molecule has 1 atom stereocenters. The average molecular weight is 459 g/mol. The Balaban J connectivity index is 1.95. The van der Waals surface area contributed by atoms with Crippen LogP contribution >= 0.6 is 34.3 Å². The second-order valence-corrected chi connectivity index (χ2v) is 9.37. The predicted molar refractivity (Wildman–Crippen MR) is 121 cm³/mol. The molecule has 1 aliphatic heterocycles. The number of thiazole rings is 1. The Labute approximate surface area is 186 Å². The molecule has 2 aromatic heterocycles. The monoisotopic (exact) mass is 458 g/mol. The minimum Gasteiger partial charge on any atom is -0.459 e. The van der Waals surface area contributed by atoms with Crippen molar-refractivity contribution < 1.29 is 9.53 Å². The first kappa shape index (κ1) is 20.8. The van der Waals surface area contributed by atoms with Gasteiger partial charge >= 0.3 is 5.97 Å². The number of hydrogen-bond donors (Lipinski definition) is 0. The number of esters is 1. The van der Waals surface area contributed by atoms with E-state index in [-0.39, 0.29) is 11.7 Å². The average Bonchev–Trinajstić information content (AvgIpc) is 3.29. The molecule has 3 heterocycles. The number of halogens is 1. The van der Waals surface area contributed by atoms with Gasteiger partial charge in [-0.1, -0.05) is 35.1 Å². The fourth-order valence-corrected chi connectivity index (χ4v) is 5.12. The van der Waals surface area contributed by atoms with Crippen LogP contribution in [0.3, 0.4) is 0 Å². The number of hydrogen-bond acceptors (Lipinski definition) is 6. The molecule has 3 aromatic rings. The van der Waals surface area contributed by atoms with Crippen molar-refractivity contribution in [3.05, 3.63) is 88.2 Å². The zero-order valence-electron chi connectivity index (χ0n) is 16.6. The summed E-state index contributed by atoms with van der Waals surface area (Å²) in [6, 6.07) is 8.47. The van der Waals surface area contributed by atoms with Gasteiger partial charge in [0.2, 0.25) is 0 Å². The number of carbonyl (C=O) groups excluding carboxylic acids is 1. The van der Waals surface area contributed by atoms with Gasteiger partial charge in [-0.05, 0) is 66.9 Å². The summed E-state index contributed by atoms with van der Waals surface area (Å²) >= 11 is 8.95. The van der Waals surface area contributed by atoms with E-state index in [0.29, 0.717) is 25.6 Å². The highest BCUT2D eigenvalue weighted by atomic mass is 35.5. The Morgan fingerprint density at radius 3 is 2.63 bits per heavy atom. The highest BCUT2D eigenvalue weighted by molar-refractivity contribution is 7.08. The van der Waals surface area contributed by atoms with Gasteiger partial charge in [-0.25, -0.2) is 9.79 Å². The first-order chi connectivity index (χ1) is 14.3. The molecule has 4 rings (SSSR count). The number of allylic oxidation sites excluding steroid dienone is 1. The van der Waals surface area contributed by atoms with Gasteiger partial charge in [-0.2, -0.15) is 11.3 Å². The topological polar surface area (TPSA) is 60.7 Å². The van der Waals surface area contributed by atoms with Crippen LogP contribution in [0.25, 0.3) is 6.08 Å². The number of nitrogens with zero attached hydrogens (tertiary/aromatic N) is 2. The standard InChI is InChI=1S/C22H19ClN2O3S2/c1-12(2)28-21(27)18-13(3)24-22-25(19(18)15-4-6-16(23)7-5-15)20(26)17(30-22)10-14-8-9-29-11-14/h4-12,19H,1-3H3/b17-10+/t19-/m1/s1. The lowest BCUT2D eigenvalue weighted by Gasteiger charge is -2.25. The molecule has 8 heteroatoms. The van der Waals surface area contributed by atoms with Crippen molar-refractivity contribution in [2.24, 2.45) is 4.99 Å². The third-order valence-electron chi connectivity index (χ3n) is 4.61. The van der Waals surface area contributed by atoms with Gasteiger partial charge in [0.1, 0.15) is 0 Å². The summed E-state index contributed by atoms with van der Waals surface area (Å²) in [5.74, 6) is -0.474. The Morgan fingerprint density at radius 2 is 2.00 bits per heavy atom. The van der Waals surface area contributed by atoms with Crippen LogP contribution in [0.5, 0.6) is 0 Å². The highest BCUT2D eigenvalue weighted by Crippen LogP contribution is 2.31. The molecule has 0 spiro atoms. The molecule has 1 aromatic carbocycles. The minimum atomic E-state index is -0.630. The lowest BCUT2D eigenvalue weighted by atomic mass is 9.96. The smallest absolute Gasteiger partial charge is 0.338 e.